The predicted molar refractivity (Wildman–Crippen MR) is 127 cm³/mol. The van der Waals surface area contributed by atoms with Gasteiger partial charge in [0.15, 0.2) is 5.78 Å². The number of nitrogens with one attached hydrogen (secondary N) is 2. The largest absolute Gasteiger partial charge is 0.325 e. The molecule has 8 heteroatoms. The molecule has 2 heterocycles. The van der Waals surface area contributed by atoms with Gasteiger partial charge < -0.3 is 10.3 Å². The maximum absolute atomic E-state index is 12.7. The molecule has 0 saturated carbocycles. The van der Waals surface area contributed by atoms with Crippen molar-refractivity contribution < 1.29 is 9.59 Å². The third-order valence-corrected chi connectivity index (χ3v) is 6.45. The van der Waals surface area contributed by atoms with Crippen LogP contribution in [-0.2, 0) is 10.5 Å². The molecule has 0 spiro atoms. The van der Waals surface area contributed by atoms with E-state index in [4.69, 9.17) is 0 Å². The molecule has 156 valence electrons. The van der Waals surface area contributed by atoms with Gasteiger partial charge in [0.05, 0.1) is 22.6 Å². The molecule has 0 bridgehead atoms. The van der Waals surface area contributed by atoms with Gasteiger partial charge >= 0.3 is 0 Å². The molecule has 0 radical (unpaired) electrons. The first-order chi connectivity index (χ1) is 15.0. The van der Waals surface area contributed by atoms with Crippen LogP contribution in [0, 0.1) is 0 Å². The van der Waals surface area contributed by atoms with E-state index < -0.39 is 0 Å². The third kappa shape index (κ3) is 4.76. The van der Waals surface area contributed by atoms with Gasteiger partial charge in [0.2, 0.25) is 5.91 Å². The first kappa shape index (κ1) is 21.0. The number of hydrogen-bond acceptors (Lipinski definition) is 6. The molecule has 0 aliphatic carbocycles. The first-order valence-corrected chi connectivity index (χ1v) is 11.6. The van der Waals surface area contributed by atoms with Gasteiger partial charge in [-0.1, -0.05) is 42.5 Å². The molecule has 2 aromatic carbocycles. The second-order valence-electron chi connectivity index (χ2n) is 6.85. The number of thioether (sulfide) groups is 1. The standard InChI is InChI=1S/C23H19N3O3S2/c1-14(27)16-9-5-6-10-18(16)24-20(28)13-30-12-19-25-22(29)21-17(11-31-23(21)26-19)15-7-3-2-4-8-15/h2-11H,12-13H2,1H3,(H,24,28)(H,25,26,29). The summed E-state index contributed by atoms with van der Waals surface area (Å²) in [6.45, 7) is 1.46. The number of carbonyl (C=O) groups is 2. The Kier molecular flexibility index (Phi) is 6.29. The summed E-state index contributed by atoms with van der Waals surface area (Å²) >= 11 is 2.77. The number of aromatic nitrogens is 2. The maximum Gasteiger partial charge on any atom is 0.260 e. The van der Waals surface area contributed by atoms with Gasteiger partial charge in [-0.3, -0.25) is 14.4 Å². The zero-order valence-corrected chi connectivity index (χ0v) is 18.3. The van der Waals surface area contributed by atoms with Gasteiger partial charge in [-0.25, -0.2) is 4.98 Å². The lowest BCUT2D eigenvalue weighted by atomic mass is 10.1. The quantitative estimate of drug-likeness (QED) is 0.398. The molecule has 2 N–H and O–H groups in total. The normalized spacial score (nSPS) is 10.9. The number of carbonyl (C=O) groups excluding carboxylic acids is 2. The molecule has 4 rings (SSSR count). The minimum absolute atomic E-state index is 0.107. The van der Waals surface area contributed by atoms with Crippen molar-refractivity contribution in [3.63, 3.8) is 0 Å². The molecule has 0 saturated heterocycles. The van der Waals surface area contributed by atoms with E-state index in [1.165, 1.54) is 30.0 Å². The number of nitrogens with zero attached hydrogens (tertiary/aromatic N) is 1. The second-order valence-corrected chi connectivity index (χ2v) is 8.69. The third-order valence-electron chi connectivity index (χ3n) is 4.63. The Hall–Kier alpha value is -3.23. The number of ketones is 1. The van der Waals surface area contributed by atoms with Crippen molar-refractivity contribution in [2.45, 2.75) is 12.7 Å². The number of benzene rings is 2. The van der Waals surface area contributed by atoms with Crippen LogP contribution in [-0.4, -0.2) is 27.4 Å². The molecule has 6 nitrogen and oxygen atoms in total. The Morgan fingerprint density at radius 2 is 1.84 bits per heavy atom. The molecule has 4 aromatic rings. The average Bonchev–Trinajstić information content (AvgIpc) is 3.19. The summed E-state index contributed by atoms with van der Waals surface area (Å²) in [4.78, 5) is 44.7. The van der Waals surface area contributed by atoms with E-state index in [1.54, 1.807) is 24.3 Å². The summed E-state index contributed by atoms with van der Waals surface area (Å²) in [6, 6.07) is 16.6. The fraction of sp³-hybridized carbons (Fsp3) is 0.130. The number of fused-ring (bicyclic) bond motifs is 1. The highest BCUT2D eigenvalue weighted by molar-refractivity contribution is 7.99. The highest BCUT2D eigenvalue weighted by atomic mass is 32.2. The topological polar surface area (TPSA) is 91.9 Å². The van der Waals surface area contributed by atoms with Gasteiger partial charge in [0.1, 0.15) is 10.7 Å². The van der Waals surface area contributed by atoms with Crippen molar-refractivity contribution >= 4 is 50.7 Å². The molecule has 0 unspecified atom stereocenters. The SMILES string of the molecule is CC(=O)c1ccccc1NC(=O)CSCc1nc2scc(-c3ccccc3)c2c(=O)[nH]1. The molecule has 31 heavy (non-hydrogen) atoms. The number of hydrogen-bond donors (Lipinski definition) is 2. The molecule has 0 aliphatic rings. The minimum atomic E-state index is -0.218. The van der Waals surface area contributed by atoms with E-state index in [1.807, 2.05) is 35.7 Å². The van der Waals surface area contributed by atoms with Crippen molar-refractivity contribution in [1.29, 1.82) is 0 Å². The Balaban J connectivity index is 1.43. The number of anilines is 1. The Labute approximate surface area is 186 Å². The fourth-order valence-electron chi connectivity index (χ4n) is 3.22. The number of Topliss-reactive ketones (excluding diaryl/α,β-unsaturated/α-hetero) is 1. The van der Waals surface area contributed by atoms with Gasteiger partial charge in [0.25, 0.3) is 5.56 Å². The van der Waals surface area contributed by atoms with Crippen molar-refractivity contribution in [3.8, 4) is 11.1 Å². The van der Waals surface area contributed by atoms with E-state index in [-0.39, 0.29) is 23.0 Å². The highest BCUT2D eigenvalue weighted by Crippen LogP contribution is 2.30. The van der Waals surface area contributed by atoms with Crippen molar-refractivity contribution in [2.75, 3.05) is 11.1 Å². The first-order valence-electron chi connectivity index (χ1n) is 9.56. The van der Waals surface area contributed by atoms with Gasteiger partial charge in [-0.15, -0.1) is 23.1 Å². The van der Waals surface area contributed by atoms with Crippen molar-refractivity contribution in [3.05, 3.63) is 81.7 Å². The lowest BCUT2D eigenvalue weighted by Crippen LogP contribution is -2.17. The van der Waals surface area contributed by atoms with Crippen LogP contribution in [0.3, 0.4) is 0 Å². The van der Waals surface area contributed by atoms with Gasteiger partial charge in [-0.05, 0) is 24.6 Å². The van der Waals surface area contributed by atoms with Crippen LogP contribution in [0.5, 0.6) is 0 Å². The molecular formula is C23H19N3O3S2. The zero-order chi connectivity index (χ0) is 21.8. The number of amides is 1. The fourth-order valence-corrected chi connectivity index (χ4v) is 4.87. The van der Waals surface area contributed by atoms with Crippen molar-refractivity contribution in [1.82, 2.24) is 9.97 Å². The van der Waals surface area contributed by atoms with E-state index in [0.29, 0.717) is 33.0 Å². The van der Waals surface area contributed by atoms with Crippen LogP contribution in [0.25, 0.3) is 21.3 Å². The number of aromatic amines is 1. The van der Waals surface area contributed by atoms with Crippen LogP contribution < -0.4 is 10.9 Å². The predicted octanol–water partition coefficient (Wildman–Crippen LogP) is 4.73. The number of thiophene rings is 1. The van der Waals surface area contributed by atoms with E-state index >= 15 is 0 Å². The summed E-state index contributed by atoms with van der Waals surface area (Å²) in [5, 5.41) is 5.30. The van der Waals surface area contributed by atoms with Crippen LogP contribution in [0.1, 0.15) is 23.1 Å². The summed E-state index contributed by atoms with van der Waals surface area (Å²) in [6.07, 6.45) is 0. The lowest BCUT2D eigenvalue weighted by molar-refractivity contribution is -0.113. The average molecular weight is 450 g/mol. The van der Waals surface area contributed by atoms with Crippen LogP contribution in [0.4, 0.5) is 5.69 Å². The highest BCUT2D eigenvalue weighted by Gasteiger charge is 2.14. The lowest BCUT2D eigenvalue weighted by Gasteiger charge is -2.08. The zero-order valence-electron chi connectivity index (χ0n) is 16.7. The van der Waals surface area contributed by atoms with E-state index in [9.17, 15) is 14.4 Å². The molecule has 0 atom stereocenters. The number of rotatable bonds is 7. The minimum Gasteiger partial charge on any atom is -0.325 e. The Morgan fingerprint density at radius 1 is 1.10 bits per heavy atom. The smallest absolute Gasteiger partial charge is 0.260 e. The molecule has 2 aromatic heterocycles. The second kappa shape index (κ2) is 9.28. The van der Waals surface area contributed by atoms with E-state index in [0.717, 1.165) is 11.1 Å². The molecular weight excluding hydrogens is 430 g/mol. The monoisotopic (exact) mass is 449 g/mol. The summed E-state index contributed by atoms with van der Waals surface area (Å²) in [5.41, 5.74) is 2.65. The van der Waals surface area contributed by atoms with Crippen molar-refractivity contribution in [2.24, 2.45) is 0 Å². The van der Waals surface area contributed by atoms with Gasteiger partial charge in [-0.2, -0.15) is 0 Å². The van der Waals surface area contributed by atoms with Crippen LogP contribution >= 0.6 is 23.1 Å². The van der Waals surface area contributed by atoms with Gasteiger partial charge in [0, 0.05) is 16.5 Å². The summed E-state index contributed by atoms with van der Waals surface area (Å²) < 4.78 is 0. The Morgan fingerprint density at radius 3 is 2.61 bits per heavy atom. The maximum atomic E-state index is 12.7. The van der Waals surface area contributed by atoms with Crippen LogP contribution in [0.15, 0.2) is 64.8 Å². The molecule has 0 fully saturated rings. The molecule has 0 aliphatic heterocycles. The summed E-state index contributed by atoms with van der Waals surface area (Å²) in [7, 11) is 0. The Bertz CT molecular complexity index is 1310. The van der Waals surface area contributed by atoms with Crippen LogP contribution in [0.2, 0.25) is 0 Å². The van der Waals surface area contributed by atoms with E-state index in [2.05, 4.69) is 15.3 Å². The summed E-state index contributed by atoms with van der Waals surface area (Å²) in [5.74, 6) is 0.772. The number of H-pyrrole nitrogens is 1. The molecule has 1 amide bonds. The number of para-hydroxylation sites is 1.